The average molecular weight is 373 g/mol. The van der Waals surface area contributed by atoms with Crippen LogP contribution < -0.4 is 16.1 Å². The Kier molecular flexibility index (Phi) is 6.21. The van der Waals surface area contributed by atoms with Gasteiger partial charge in [0.1, 0.15) is 10.0 Å². The van der Waals surface area contributed by atoms with Crippen LogP contribution in [0, 0.1) is 0 Å². The summed E-state index contributed by atoms with van der Waals surface area (Å²) in [5.74, 6) is -0.559. The van der Waals surface area contributed by atoms with Gasteiger partial charge in [0.2, 0.25) is 0 Å². The normalized spacial score (nSPS) is 10.9. The Morgan fingerprint density at radius 1 is 1.22 bits per heavy atom. The van der Waals surface area contributed by atoms with Gasteiger partial charge in [-0.05, 0) is 30.0 Å². The van der Waals surface area contributed by atoms with Gasteiger partial charge < -0.3 is 5.73 Å². The minimum atomic E-state index is -0.559. The van der Waals surface area contributed by atoms with Crippen LogP contribution in [0.15, 0.2) is 35.4 Å². The zero-order chi connectivity index (χ0) is 16.8. The van der Waals surface area contributed by atoms with Crippen molar-refractivity contribution < 1.29 is 9.78 Å². The molecule has 0 saturated heterocycles. The number of nitrogen functional groups attached to an aromatic ring is 1. The average Bonchev–Trinajstić information content (AvgIpc) is 2.56. The maximum Gasteiger partial charge on any atom is 0.337 e. The minimum Gasteiger partial charge on any atom is -0.396 e. The molecule has 4 N–H and O–H groups in total. The molecule has 0 aliphatic carbocycles. The Morgan fingerprint density at radius 2 is 1.91 bits per heavy atom. The Balaban J connectivity index is 1.94. The maximum atomic E-state index is 12.0. The van der Waals surface area contributed by atoms with E-state index < -0.39 is 5.91 Å². The van der Waals surface area contributed by atoms with Gasteiger partial charge in [-0.25, -0.2) is 5.43 Å². The molecule has 0 aliphatic rings. The quantitative estimate of drug-likeness (QED) is 0.479. The van der Waals surface area contributed by atoms with E-state index in [1.54, 1.807) is 6.21 Å². The standard InChI is InChI=1S/C15H13Cl3N4O/c16-10-12(19)11(17)14(18)21-13(10)15(23)22-20-8-4-7-9-5-2-1-3-6-9/h1-3,5-6,8H,4,7H2,(H2,19,21)(H,22,23)/p+1/b20-8-. The number of aryl methyl sites for hydroxylation is 1. The number of nitrogens with two attached hydrogens (primary N) is 1. The molecule has 0 unspecified atom stereocenters. The Morgan fingerprint density at radius 3 is 2.61 bits per heavy atom. The number of aromatic nitrogens is 1. The number of carbonyl (C=O) groups excluding carboxylic acids is 1. The van der Waals surface area contributed by atoms with E-state index in [9.17, 15) is 4.79 Å². The van der Waals surface area contributed by atoms with E-state index in [2.05, 4.69) is 15.5 Å². The topological polar surface area (TPSA) is 81.6 Å². The van der Waals surface area contributed by atoms with Gasteiger partial charge in [0.25, 0.3) is 10.8 Å². The van der Waals surface area contributed by atoms with E-state index in [0.717, 1.165) is 6.42 Å². The molecular weight excluding hydrogens is 359 g/mol. The van der Waals surface area contributed by atoms with Gasteiger partial charge in [-0.2, -0.15) is 10.1 Å². The fourth-order valence-electron chi connectivity index (χ4n) is 1.83. The molecule has 0 spiro atoms. The summed E-state index contributed by atoms with van der Waals surface area (Å²) in [6.07, 6.45) is 3.12. The van der Waals surface area contributed by atoms with E-state index in [-0.39, 0.29) is 26.6 Å². The van der Waals surface area contributed by atoms with Crippen molar-refractivity contribution in [2.45, 2.75) is 12.8 Å². The molecule has 23 heavy (non-hydrogen) atoms. The van der Waals surface area contributed by atoms with Gasteiger partial charge >= 0.3 is 5.91 Å². The molecule has 120 valence electrons. The number of aromatic amines is 1. The van der Waals surface area contributed by atoms with Gasteiger partial charge in [0.15, 0.2) is 0 Å². The lowest BCUT2D eigenvalue weighted by Gasteiger charge is -2.02. The molecule has 0 radical (unpaired) electrons. The first-order valence-corrected chi connectivity index (χ1v) is 7.85. The van der Waals surface area contributed by atoms with Gasteiger partial charge in [0, 0.05) is 6.21 Å². The molecule has 0 atom stereocenters. The summed E-state index contributed by atoms with van der Waals surface area (Å²) in [5, 5.41) is 3.97. The zero-order valence-electron chi connectivity index (χ0n) is 11.9. The van der Waals surface area contributed by atoms with Crippen LogP contribution >= 0.6 is 34.8 Å². The van der Waals surface area contributed by atoms with E-state index >= 15 is 0 Å². The number of nitrogens with zero attached hydrogens (tertiary/aromatic N) is 1. The van der Waals surface area contributed by atoms with Crippen LogP contribution in [-0.2, 0) is 6.42 Å². The van der Waals surface area contributed by atoms with Crippen LogP contribution in [-0.4, -0.2) is 12.1 Å². The number of hydrogen-bond acceptors (Lipinski definition) is 3. The fourth-order valence-corrected chi connectivity index (χ4v) is 2.44. The number of carbonyl (C=O) groups is 1. The second kappa shape index (κ2) is 8.15. The zero-order valence-corrected chi connectivity index (χ0v) is 14.2. The molecular formula is C15H14Cl3N4O+. The monoisotopic (exact) mass is 371 g/mol. The number of amides is 1. The highest BCUT2D eigenvalue weighted by atomic mass is 35.5. The number of nitrogens with one attached hydrogen (secondary N) is 2. The number of benzene rings is 1. The van der Waals surface area contributed by atoms with Crippen molar-refractivity contribution in [3.63, 3.8) is 0 Å². The van der Waals surface area contributed by atoms with Crippen molar-refractivity contribution in [1.82, 2.24) is 5.43 Å². The summed E-state index contributed by atoms with van der Waals surface area (Å²) in [6, 6.07) is 9.96. The van der Waals surface area contributed by atoms with Crippen LogP contribution in [0.2, 0.25) is 15.2 Å². The number of H-pyrrole nitrogens is 1. The highest BCUT2D eigenvalue weighted by molar-refractivity contribution is 6.45. The minimum absolute atomic E-state index is 0.00113. The molecule has 2 aromatic rings. The van der Waals surface area contributed by atoms with Crippen LogP contribution in [0.4, 0.5) is 5.69 Å². The molecule has 1 amide bonds. The lowest BCUT2D eigenvalue weighted by molar-refractivity contribution is -0.379. The Bertz CT molecular complexity index is 735. The molecule has 1 heterocycles. The third-order valence-corrected chi connectivity index (χ3v) is 4.17. The summed E-state index contributed by atoms with van der Waals surface area (Å²) < 4.78 is 0. The van der Waals surface area contributed by atoms with Crippen LogP contribution in [0.1, 0.15) is 22.5 Å². The van der Waals surface area contributed by atoms with Crippen molar-refractivity contribution in [1.29, 1.82) is 0 Å². The second-order valence-electron chi connectivity index (χ2n) is 4.63. The number of anilines is 1. The summed E-state index contributed by atoms with van der Waals surface area (Å²) in [4.78, 5) is 14.6. The van der Waals surface area contributed by atoms with E-state index in [1.165, 1.54) is 5.56 Å². The number of pyridine rings is 1. The molecule has 1 aromatic carbocycles. The third kappa shape index (κ3) is 4.58. The van der Waals surface area contributed by atoms with E-state index in [0.29, 0.717) is 6.42 Å². The van der Waals surface area contributed by atoms with E-state index in [1.807, 2.05) is 30.3 Å². The molecule has 0 aliphatic heterocycles. The maximum absolute atomic E-state index is 12.0. The lowest BCUT2D eigenvalue weighted by Crippen LogP contribution is -2.28. The van der Waals surface area contributed by atoms with Gasteiger partial charge in [-0.1, -0.05) is 53.5 Å². The molecule has 0 saturated carbocycles. The highest BCUT2D eigenvalue weighted by Crippen LogP contribution is 2.31. The summed E-state index contributed by atoms with van der Waals surface area (Å²) in [5.41, 5.74) is 9.26. The molecule has 5 nitrogen and oxygen atoms in total. The Labute approximate surface area is 148 Å². The summed E-state index contributed by atoms with van der Waals surface area (Å²) in [6.45, 7) is 0. The van der Waals surface area contributed by atoms with Crippen LogP contribution in [0.25, 0.3) is 0 Å². The van der Waals surface area contributed by atoms with E-state index in [4.69, 9.17) is 40.5 Å². The third-order valence-electron chi connectivity index (χ3n) is 3.01. The number of rotatable bonds is 5. The fraction of sp³-hybridized carbons (Fsp3) is 0.133. The predicted octanol–water partition coefficient (Wildman–Crippen LogP) is 3.39. The van der Waals surface area contributed by atoms with Crippen molar-refractivity contribution >= 4 is 52.6 Å². The predicted molar refractivity (Wildman–Crippen MR) is 93.2 cm³/mol. The van der Waals surface area contributed by atoms with Gasteiger partial charge in [-0.3, -0.25) is 4.79 Å². The van der Waals surface area contributed by atoms with Crippen molar-refractivity contribution in [3.05, 3.63) is 56.8 Å². The highest BCUT2D eigenvalue weighted by Gasteiger charge is 2.25. The lowest BCUT2D eigenvalue weighted by atomic mass is 10.1. The molecule has 0 fully saturated rings. The first kappa shape index (κ1) is 17.5. The molecule has 8 heteroatoms. The van der Waals surface area contributed by atoms with Gasteiger partial charge in [0.05, 0.1) is 5.69 Å². The molecule has 0 bridgehead atoms. The van der Waals surface area contributed by atoms with Crippen molar-refractivity contribution in [2.24, 2.45) is 5.10 Å². The Hall–Kier alpha value is -1.82. The second-order valence-corrected chi connectivity index (χ2v) is 5.77. The van der Waals surface area contributed by atoms with Crippen LogP contribution in [0.3, 0.4) is 0 Å². The van der Waals surface area contributed by atoms with Gasteiger partial charge in [-0.15, -0.1) is 0 Å². The van der Waals surface area contributed by atoms with Crippen molar-refractivity contribution in [2.75, 3.05) is 5.73 Å². The summed E-state index contributed by atoms with van der Waals surface area (Å²) in [7, 11) is 0. The number of hydrazone groups is 1. The first-order chi connectivity index (χ1) is 11.0. The first-order valence-electron chi connectivity index (χ1n) is 6.71. The molecule has 2 rings (SSSR count). The smallest absolute Gasteiger partial charge is 0.337 e. The largest absolute Gasteiger partial charge is 0.396 e. The van der Waals surface area contributed by atoms with Crippen LogP contribution in [0.5, 0.6) is 0 Å². The number of hydrogen-bond donors (Lipinski definition) is 2. The summed E-state index contributed by atoms with van der Waals surface area (Å²) >= 11 is 17.6. The molecule has 1 aromatic heterocycles. The SMILES string of the molecule is Nc1c(Cl)c(Cl)[nH+]c(C(=O)N/N=C\CCc2ccccc2)c1Cl. The number of halogens is 3. The van der Waals surface area contributed by atoms with Crippen molar-refractivity contribution in [3.8, 4) is 0 Å².